The second-order valence-corrected chi connectivity index (χ2v) is 4.06. The summed E-state index contributed by atoms with van der Waals surface area (Å²) in [5.41, 5.74) is 1.73. The van der Waals surface area contributed by atoms with E-state index in [9.17, 15) is 4.79 Å². The molecule has 1 aliphatic rings. The number of nitrogens with one attached hydrogen (secondary N) is 1. The van der Waals surface area contributed by atoms with Crippen molar-refractivity contribution in [2.75, 3.05) is 14.2 Å². The minimum Gasteiger partial charge on any atom is -0.501 e. The smallest absolute Gasteiger partial charge is 0.335 e. The van der Waals surface area contributed by atoms with E-state index in [1.807, 2.05) is 13.0 Å². The molecule has 0 bridgehead atoms. The van der Waals surface area contributed by atoms with Crippen molar-refractivity contribution in [3.8, 4) is 0 Å². The molecule has 0 aromatic heterocycles. The topological polar surface area (TPSA) is 67.6 Å². The standard InChI is InChI=1S/C11H19N3O2/c1-7-5-9(13-11(15)14(3)12)8(2)10(6-7)16-4/h5,7H,6,12H2,1-4H3,(H,13,15)/t7-/m0/s1. The Balaban J connectivity index is 2.86. The van der Waals surface area contributed by atoms with Crippen LogP contribution in [-0.4, -0.2) is 25.2 Å². The number of nitrogens with two attached hydrogens (primary N) is 1. The third-order valence-electron chi connectivity index (χ3n) is 2.59. The molecule has 90 valence electrons. The van der Waals surface area contributed by atoms with E-state index in [1.165, 1.54) is 7.05 Å². The summed E-state index contributed by atoms with van der Waals surface area (Å²) in [6.45, 7) is 4.00. The van der Waals surface area contributed by atoms with Gasteiger partial charge in [-0.3, -0.25) is 5.01 Å². The number of hydrogen-bond donors (Lipinski definition) is 2. The SMILES string of the molecule is COC1=C(C)C(NC(=O)N(C)N)=C[C@H](C)C1. The van der Waals surface area contributed by atoms with Gasteiger partial charge in [0.25, 0.3) is 0 Å². The van der Waals surface area contributed by atoms with Crippen molar-refractivity contribution >= 4 is 6.03 Å². The Labute approximate surface area is 95.9 Å². The lowest BCUT2D eigenvalue weighted by Gasteiger charge is -2.23. The highest BCUT2D eigenvalue weighted by molar-refractivity contribution is 5.76. The van der Waals surface area contributed by atoms with E-state index in [0.717, 1.165) is 28.5 Å². The lowest BCUT2D eigenvalue weighted by Crippen LogP contribution is -2.41. The number of ether oxygens (including phenoxy) is 1. The Kier molecular flexibility index (Phi) is 3.95. The zero-order chi connectivity index (χ0) is 12.3. The van der Waals surface area contributed by atoms with Gasteiger partial charge in [-0.15, -0.1) is 0 Å². The lowest BCUT2D eigenvalue weighted by molar-refractivity contribution is 0.212. The Hall–Kier alpha value is -1.49. The van der Waals surface area contributed by atoms with Crippen LogP contribution < -0.4 is 11.2 Å². The van der Waals surface area contributed by atoms with Crippen molar-refractivity contribution in [2.45, 2.75) is 20.3 Å². The summed E-state index contributed by atoms with van der Waals surface area (Å²) in [5, 5.41) is 3.76. The van der Waals surface area contributed by atoms with E-state index in [0.29, 0.717) is 5.92 Å². The molecule has 5 nitrogen and oxygen atoms in total. The summed E-state index contributed by atoms with van der Waals surface area (Å²) in [6.07, 6.45) is 2.87. The van der Waals surface area contributed by atoms with Crippen molar-refractivity contribution in [1.82, 2.24) is 10.3 Å². The van der Waals surface area contributed by atoms with Crippen LogP contribution in [0.15, 0.2) is 23.1 Å². The Bertz CT molecular complexity index is 345. The van der Waals surface area contributed by atoms with Crippen LogP contribution in [0.1, 0.15) is 20.3 Å². The molecule has 16 heavy (non-hydrogen) atoms. The van der Waals surface area contributed by atoms with E-state index < -0.39 is 0 Å². The van der Waals surface area contributed by atoms with Crippen molar-refractivity contribution in [2.24, 2.45) is 11.8 Å². The molecular weight excluding hydrogens is 206 g/mol. The van der Waals surface area contributed by atoms with Gasteiger partial charge in [0.05, 0.1) is 7.11 Å². The molecule has 0 radical (unpaired) electrons. The van der Waals surface area contributed by atoms with Gasteiger partial charge in [-0.2, -0.15) is 0 Å². The normalized spacial score (nSPS) is 20.3. The van der Waals surface area contributed by atoms with E-state index in [2.05, 4.69) is 12.2 Å². The maximum absolute atomic E-state index is 11.4. The van der Waals surface area contributed by atoms with Crippen LogP contribution in [0.4, 0.5) is 4.79 Å². The van der Waals surface area contributed by atoms with Crippen LogP contribution in [-0.2, 0) is 4.74 Å². The molecule has 0 aromatic carbocycles. The van der Waals surface area contributed by atoms with Gasteiger partial charge in [0, 0.05) is 24.7 Å². The molecule has 2 amide bonds. The second kappa shape index (κ2) is 5.03. The zero-order valence-electron chi connectivity index (χ0n) is 10.2. The Morgan fingerprint density at radius 2 is 2.31 bits per heavy atom. The van der Waals surface area contributed by atoms with Gasteiger partial charge >= 0.3 is 6.03 Å². The zero-order valence-corrected chi connectivity index (χ0v) is 10.2. The average Bonchev–Trinajstić information content (AvgIpc) is 2.22. The summed E-state index contributed by atoms with van der Waals surface area (Å²) < 4.78 is 5.29. The molecule has 0 saturated carbocycles. The summed E-state index contributed by atoms with van der Waals surface area (Å²) in [7, 11) is 3.14. The fourth-order valence-electron chi connectivity index (χ4n) is 1.64. The van der Waals surface area contributed by atoms with Gasteiger partial charge in [-0.05, 0) is 12.8 Å². The van der Waals surface area contributed by atoms with Gasteiger partial charge in [0.1, 0.15) is 5.76 Å². The number of carbonyl (C=O) groups excluding carboxylic acids is 1. The van der Waals surface area contributed by atoms with Crippen molar-refractivity contribution in [3.63, 3.8) is 0 Å². The van der Waals surface area contributed by atoms with Crippen LogP contribution >= 0.6 is 0 Å². The predicted molar refractivity (Wildman–Crippen MR) is 62.1 cm³/mol. The molecule has 1 atom stereocenters. The fourth-order valence-corrected chi connectivity index (χ4v) is 1.64. The minimum absolute atomic E-state index is 0.338. The summed E-state index contributed by atoms with van der Waals surface area (Å²) in [5.74, 6) is 6.60. The molecule has 0 spiro atoms. The first-order valence-electron chi connectivity index (χ1n) is 5.21. The first kappa shape index (κ1) is 12.6. The van der Waals surface area contributed by atoms with Crippen molar-refractivity contribution in [1.29, 1.82) is 0 Å². The number of hydrogen-bond acceptors (Lipinski definition) is 3. The fraction of sp³-hybridized carbons (Fsp3) is 0.545. The number of methoxy groups -OCH3 is 1. The number of carbonyl (C=O) groups is 1. The van der Waals surface area contributed by atoms with Gasteiger partial charge in [0.15, 0.2) is 0 Å². The first-order valence-corrected chi connectivity index (χ1v) is 5.21. The quantitative estimate of drug-likeness (QED) is 0.423. The lowest BCUT2D eigenvalue weighted by atomic mass is 9.94. The summed E-state index contributed by atoms with van der Waals surface area (Å²) in [4.78, 5) is 11.4. The molecule has 0 fully saturated rings. The number of amides is 2. The number of rotatable bonds is 2. The summed E-state index contributed by atoms with van der Waals surface area (Å²) >= 11 is 0. The molecule has 0 aromatic rings. The Morgan fingerprint density at radius 3 is 2.81 bits per heavy atom. The minimum atomic E-state index is -0.338. The summed E-state index contributed by atoms with van der Waals surface area (Å²) in [6, 6.07) is -0.338. The Morgan fingerprint density at radius 1 is 1.69 bits per heavy atom. The van der Waals surface area contributed by atoms with E-state index in [1.54, 1.807) is 7.11 Å². The maximum Gasteiger partial charge on any atom is 0.335 e. The second-order valence-electron chi connectivity index (χ2n) is 4.06. The van der Waals surface area contributed by atoms with E-state index in [-0.39, 0.29) is 6.03 Å². The molecule has 0 unspecified atom stereocenters. The molecule has 1 aliphatic carbocycles. The van der Waals surface area contributed by atoms with Crippen LogP contribution in [0.2, 0.25) is 0 Å². The highest BCUT2D eigenvalue weighted by Crippen LogP contribution is 2.27. The molecular formula is C11H19N3O2. The van der Waals surface area contributed by atoms with Gasteiger partial charge in [-0.25, -0.2) is 10.6 Å². The molecule has 1 rings (SSSR count). The van der Waals surface area contributed by atoms with Gasteiger partial charge < -0.3 is 10.1 Å². The largest absolute Gasteiger partial charge is 0.501 e. The van der Waals surface area contributed by atoms with Crippen LogP contribution in [0.5, 0.6) is 0 Å². The van der Waals surface area contributed by atoms with Crippen molar-refractivity contribution in [3.05, 3.63) is 23.1 Å². The third-order valence-corrected chi connectivity index (χ3v) is 2.59. The molecule has 5 heteroatoms. The number of nitrogens with zero attached hydrogens (tertiary/aromatic N) is 1. The van der Waals surface area contributed by atoms with Crippen LogP contribution in [0.25, 0.3) is 0 Å². The monoisotopic (exact) mass is 225 g/mol. The highest BCUT2D eigenvalue weighted by atomic mass is 16.5. The van der Waals surface area contributed by atoms with Crippen LogP contribution in [0.3, 0.4) is 0 Å². The van der Waals surface area contributed by atoms with Crippen LogP contribution in [0, 0.1) is 5.92 Å². The first-order chi connectivity index (χ1) is 7.45. The third kappa shape index (κ3) is 2.76. The van der Waals surface area contributed by atoms with E-state index >= 15 is 0 Å². The molecule has 0 saturated heterocycles. The maximum atomic E-state index is 11.4. The van der Waals surface area contributed by atoms with E-state index in [4.69, 9.17) is 10.6 Å². The van der Waals surface area contributed by atoms with Gasteiger partial charge in [0.2, 0.25) is 0 Å². The molecule has 0 heterocycles. The predicted octanol–water partition coefficient (Wildman–Crippen LogP) is 1.35. The van der Waals surface area contributed by atoms with Crippen molar-refractivity contribution < 1.29 is 9.53 Å². The average molecular weight is 225 g/mol. The number of urea groups is 1. The number of allylic oxidation sites excluding steroid dienone is 3. The molecule has 0 aliphatic heterocycles. The highest BCUT2D eigenvalue weighted by Gasteiger charge is 2.19. The van der Waals surface area contributed by atoms with Gasteiger partial charge in [-0.1, -0.05) is 13.0 Å². The number of hydrazine groups is 1. The molecule has 3 N–H and O–H groups in total.